The van der Waals surface area contributed by atoms with E-state index in [2.05, 4.69) is 55.4 Å². The number of rotatable bonds is 1. The van der Waals surface area contributed by atoms with Gasteiger partial charge in [0.05, 0.1) is 0 Å². The van der Waals surface area contributed by atoms with Gasteiger partial charge in [0.25, 0.3) is 0 Å². The molecule has 5 unspecified atom stereocenters. The molecule has 0 amide bonds. The Kier molecular flexibility index (Phi) is 4.04. The summed E-state index contributed by atoms with van der Waals surface area (Å²) in [6, 6.07) is 0.373. The van der Waals surface area contributed by atoms with E-state index in [0.717, 1.165) is 11.8 Å². The number of nitrogens with two attached hydrogens (primary N) is 1. The molecule has 0 aliphatic heterocycles. The predicted octanol–water partition coefficient (Wildman–Crippen LogP) is 4.31. The third-order valence-electron chi connectivity index (χ3n) is 4.84. The normalized spacial score (nSPS) is 39.7. The Balaban J connectivity index is 2.98. The first-order valence-electron chi connectivity index (χ1n) is 7.21. The molecule has 0 aromatic heterocycles. The maximum absolute atomic E-state index is 6.51. The topological polar surface area (TPSA) is 26.0 Å². The van der Waals surface area contributed by atoms with Gasteiger partial charge in [-0.15, -0.1) is 0 Å². The summed E-state index contributed by atoms with van der Waals surface area (Å²) < 4.78 is 0. The Bertz CT molecular complexity index is 256. The lowest BCUT2D eigenvalue weighted by atomic mass is 9.68. The summed E-state index contributed by atoms with van der Waals surface area (Å²) in [7, 11) is 0. The first kappa shape index (κ1) is 15.0. The maximum Gasteiger partial charge on any atom is 0.0103 e. The van der Waals surface area contributed by atoms with E-state index >= 15 is 0 Å². The van der Waals surface area contributed by atoms with E-state index in [1.807, 2.05) is 0 Å². The van der Waals surface area contributed by atoms with Gasteiger partial charge < -0.3 is 5.73 Å². The van der Waals surface area contributed by atoms with Crippen molar-refractivity contribution in [2.75, 3.05) is 0 Å². The molecule has 2 N–H and O–H groups in total. The molecule has 0 heterocycles. The van der Waals surface area contributed by atoms with Crippen molar-refractivity contribution in [2.45, 2.75) is 67.9 Å². The van der Waals surface area contributed by atoms with Crippen molar-refractivity contribution in [3.8, 4) is 0 Å². The van der Waals surface area contributed by atoms with Gasteiger partial charge >= 0.3 is 0 Å². The van der Waals surface area contributed by atoms with Gasteiger partial charge in [0.15, 0.2) is 0 Å². The molecule has 1 aliphatic carbocycles. The molecular formula is C16H33N. The van der Waals surface area contributed by atoms with Gasteiger partial charge in [-0.25, -0.2) is 0 Å². The molecule has 1 rings (SSSR count). The van der Waals surface area contributed by atoms with Crippen molar-refractivity contribution >= 4 is 0 Å². The van der Waals surface area contributed by atoms with Crippen LogP contribution in [-0.4, -0.2) is 6.04 Å². The summed E-state index contributed by atoms with van der Waals surface area (Å²) in [4.78, 5) is 0. The third-order valence-corrected chi connectivity index (χ3v) is 4.84. The van der Waals surface area contributed by atoms with Crippen LogP contribution in [0.25, 0.3) is 0 Å². The lowest BCUT2D eigenvalue weighted by molar-refractivity contribution is 0.117. The molecule has 0 radical (unpaired) electrons. The minimum absolute atomic E-state index is 0.328. The van der Waals surface area contributed by atoms with Gasteiger partial charge in [-0.3, -0.25) is 0 Å². The molecule has 0 bridgehead atoms. The van der Waals surface area contributed by atoms with E-state index < -0.39 is 0 Å². The molecule has 0 aromatic rings. The summed E-state index contributed by atoms with van der Waals surface area (Å²) in [6.45, 7) is 18.9. The molecule has 0 saturated heterocycles. The Morgan fingerprint density at radius 3 is 1.71 bits per heavy atom. The van der Waals surface area contributed by atoms with Crippen LogP contribution in [0, 0.1) is 34.5 Å². The van der Waals surface area contributed by atoms with E-state index in [0.29, 0.717) is 28.7 Å². The van der Waals surface area contributed by atoms with Crippen molar-refractivity contribution in [2.24, 2.45) is 40.2 Å². The highest BCUT2D eigenvalue weighted by atomic mass is 14.7. The molecule has 1 heteroatoms. The summed E-state index contributed by atoms with van der Waals surface area (Å²) in [5.41, 5.74) is 7.24. The van der Waals surface area contributed by atoms with Gasteiger partial charge in [0.1, 0.15) is 0 Å². The van der Waals surface area contributed by atoms with Crippen LogP contribution >= 0.6 is 0 Å². The van der Waals surface area contributed by atoms with Crippen LogP contribution in [0.15, 0.2) is 0 Å². The third kappa shape index (κ3) is 3.24. The summed E-state index contributed by atoms with van der Waals surface area (Å²) >= 11 is 0. The second kappa shape index (κ2) is 4.57. The maximum atomic E-state index is 6.51. The van der Waals surface area contributed by atoms with Crippen LogP contribution in [0.3, 0.4) is 0 Å². The van der Waals surface area contributed by atoms with Crippen LogP contribution in [0.2, 0.25) is 0 Å². The van der Waals surface area contributed by atoms with Crippen LogP contribution in [0.4, 0.5) is 0 Å². The Morgan fingerprint density at radius 1 is 0.882 bits per heavy atom. The highest BCUT2D eigenvalue weighted by Gasteiger charge is 2.49. The molecule has 5 atom stereocenters. The highest BCUT2D eigenvalue weighted by molar-refractivity contribution is 5.01. The quantitative estimate of drug-likeness (QED) is 0.725. The molecule has 17 heavy (non-hydrogen) atoms. The zero-order valence-electron chi connectivity index (χ0n) is 13.2. The zero-order chi connectivity index (χ0) is 13.6. The largest absolute Gasteiger partial charge is 0.327 e. The standard InChI is InChI=1S/C16H33N/c1-10-11(2)14(17)13(16(6,7)8)12(10)9-15(3,4)5/h10-14H,9,17H2,1-8H3. The summed E-state index contributed by atoms with van der Waals surface area (Å²) in [6.07, 6.45) is 1.30. The van der Waals surface area contributed by atoms with Crippen LogP contribution in [0.5, 0.6) is 0 Å². The van der Waals surface area contributed by atoms with Crippen molar-refractivity contribution in [3.05, 3.63) is 0 Å². The molecule has 1 aliphatic rings. The molecule has 102 valence electrons. The van der Waals surface area contributed by atoms with Crippen LogP contribution in [0.1, 0.15) is 61.8 Å². The van der Waals surface area contributed by atoms with E-state index in [-0.39, 0.29) is 0 Å². The van der Waals surface area contributed by atoms with Crippen LogP contribution in [-0.2, 0) is 0 Å². The minimum atomic E-state index is 0.328. The second-order valence-electron chi connectivity index (χ2n) is 8.62. The fraction of sp³-hybridized carbons (Fsp3) is 1.00. The Hall–Kier alpha value is -0.0400. The first-order valence-corrected chi connectivity index (χ1v) is 7.21. The number of hydrogen-bond donors (Lipinski definition) is 1. The van der Waals surface area contributed by atoms with Crippen molar-refractivity contribution in [1.82, 2.24) is 0 Å². The lowest BCUT2D eigenvalue weighted by Crippen LogP contribution is -2.40. The van der Waals surface area contributed by atoms with Gasteiger partial charge in [0.2, 0.25) is 0 Å². The lowest BCUT2D eigenvalue weighted by Gasteiger charge is -2.38. The monoisotopic (exact) mass is 239 g/mol. The zero-order valence-corrected chi connectivity index (χ0v) is 13.2. The fourth-order valence-electron chi connectivity index (χ4n) is 3.92. The summed E-state index contributed by atoms with van der Waals surface area (Å²) in [5.74, 6) is 2.85. The molecule has 0 aromatic carbocycles. The van der Waals surface area contributed by atoms with Gasteiger partial charge in [-0.1, -0.05) is 55.4 Å². The second-order valence-corrected chi connectivity index (χ2v) is 8.62. The van der Waals surface area contributed by atoms with E-state index in [1.54, 1.807) is 0 Å². The minimum Gasteiger partial charge on any atom is -0.327 e. The highest BCUT2D eigenvalue weighted by Crippen LogP contribution is 2.52. The Morgan fingerprint density at radius 2 is 1.35 bits per heavy atom. The average Bonchev–Trinajstić information content (AvgIpc) is 2.27. The van der Waals surface area contributed by atoms with Crippen molar-refractivity contribution < 1.29 is 0 Å². The van der Waals surface area contributed by atoms with Crippen molar-refractivity contribution in [3.63, 3.8) is 0 Å². The van der Waals surface area contributed by atoms with E-state index in [4.69, 9.17) is 5.73 Å². The summed E-state index contributed by atoms with van der Waals surface area (Å²) in [5, 5.41) is 0. The SMILES string of the molecule is CC1C(C)C(CC(C)(C)C)C(C(C)(C)C)C1N. The molecule has 1 fully saturated rings. The van der Waals surface area contributed by atoms with Gasteiger partial charge in [-0.2, -0.15) is 0 Å². The van der Waals surface area contributed by atoms with Crippen LogP contribution < -0.4 is 5.73 Å². The van der Waals surface area contributed by atoms with Gasteiger partial charge in [0, 0.05) is 6.04 Å². The van der Waals surface area contributed by atoms with E-state index in [9.17, 15) is 0 Å². The first-order chi connectivity index (χ1) is 7.45. The molecule has 1 nitrogen and oxygen atoms in total. The smallest absolute Gasteiger partial charge is 0.0103 e. The predicted molar refractivity (Wildman–Crippen MR) is 76.8 cm³/mol. The molecule has 1 saturated carbocycles. The van der Waals surface area contributed by atoms with Gasteiger partial charge in [-0.05, 0) is 40.9 Å². The fourth-order valence-corrected chi connectivity index (χ4v) is 3.92. The van der Waals surface area contributed by atoms with E-state index in [1.165, 1.54) is 6.42 Å². The Labute approximate surface area is 109 Å². The molecular weight excluding hydrogens is 206 g/mol. The molecule has 0 spiro atoms. The number of hydrogen-bond acceptors (Lipinski definition) is 1. The van der Waals surface area contributed by atoms with Crippen molar-refractivity contribution in [1.29, 1.82) is 0 Å². The average molecular weight is 239 g/mol.